The highest BCUT2D eigenvalue weighted by Crippen LogP contribution is 2.25. The number of aromatic nitrogens is 3. The van der Waals surface area contributed by atoms with Crippen LogP contribution in [0.1, 0.15) is 47.8 Å². The number of amides is 1. The van der Waals surface area contributed by atoms with E-state index in [1.165, 1.54) is 24.1 Å². The Bertz CT molecular complexity index is 1070. The van der Waals surface area contributed by atoms with E-state index in [9.17, 15) is 4.79 Å². The Morgan fingerprint density at radius 2 is 2.00 bits per heavy atom. The molecule has 1 aliphatic carbocycles. The summed E-state index contributed by atoms with van der Waals surface area (Å²) in [4.78, 5) is 24.6. The van der Waals surface area contributed by atoms with Gasteiger partial charge in [-0.25, -0.2) is 9.97 Å². The molecule has 0 aromatic carbocycles. The first-order valence-corrected chi connectivity index (χ1v) is 11.5. The van der Waals surface area contributed by atoms with Crippen molar-refractivity contribution in [1.82, 2.24) is 19.9 Å². The molecule has 7 heteroatoms. The van der Waals surface area contributed by atoms with Gasteiger partial charge in [0.05, 0.1) is 5.56 Å². The van der Waals surface area contributed by atoms with Gasteiger partial charge in [0.25, 0.3) is 5.91 Å². The maximum atomic E-state index is 12.8. The number of hydrogen-bond acceptors (Lipinski definition) is 5. The molecule has 1 fully saturated rings. The molecule has 7 nitrogen and oxygen atoms in total. The number of carbonyl (C=O) groups is 1. The Labute approximate surface area is 189 Å². The summed E-state index contributed by atoms with van der Waals surface area (Å²) < 4.78 is 6.33. The molecule has 0 radical (unpaired) electrons. The molecule has 32 heavy (non-hydrogen) atoms. The number of carbonyl (C=O) groups excluding carboxylic acids is 1. The Kier molecular flexibility index (Phi) is 7.05. The van der Waals surface area contributed by atoms with Gasteiger partial charge in [0.1, 0.15) is 11.5 Å². The second-order valence-corrected chi connectivity index (χ2v) is 8.53. The van der Waals surface area contributed by atoms with Gasteiger partial charge in [-0.3, -0.25) is 4.79 Å². The number of ether oxygens (including phenoxy) is 1. The molecule has 1 N–H and O–H groups in total. The average molecular weight is 436 g/mol. The van der Waals surface area contributed by atoms with E-state index in [4.69, 9.17) is 4.98 Å². The predicted octanol–water partition coefficient (Wildman–Crippen LogP) is 3.60. The molecule has 3 aromatic rings. The van der Waals surface area contributed by atoms with E-state index in [2.05, 4.69) is 43.6 Å². The Morgan fingerprint density at radius 3 is 2.75 bits per heavy atom. The van der Waals surface area contributed by atoms with Crippen LogP contribution in [-0.2, 0) is 24.1 Å². The van der Waals surface area contributed by atoms with Crippen molar-refractivity contribution in [3.63, 3.8) is 0 Å². The average Bonchev–Trinajstić information content (AvgIpc) is 3.49. The van der Waals surface area contributed by atoms with Crippen LogP contribution in [0, 0.1) is 0 Å². The number of pyridine rings is 2. The maximum Gasteiger partial charge on any atom is 0.253 e. The lowest BCUT2D eigenvalue weighted by Crippen LogP contribution is -2.39. The fourth-order valence-corrected chi connectivity index (χ4v) is 4.57. The predicted molar refractivity (Wildman–Crippen MR) is 127 cm³/mol. The zero-order valence-electron chi connectivity index (χ0n) is 19.3. The molecular formula is C25H33N5O2. The zero-order valence-corrected chi connectivity index (χ0v) is 19.3. The van der Waals surface area contributed by atoms with Gasteiger partial charge in [-0.15, -0.1) is 0 Å². The molecule has 1 aliphatic heterocycles. The molecule has 0 saturated carbocycles. The molecule has 5 rings (SSSR count). The van der Waals surface area contributed by atoms with Crippen LogP contribution in [0.15, 0.2) is 36.7 Å². The lowest BCUT2D eigenvalue weighted by Gasteiger charge is -2.26. The molecule has 1 unspecified atom stereocenters. The first kappa shape index (κ1) is 22.3. The lowest BCUT2D eigenvalue weighted by molar-refractivity contribution is 0.0933. The fourth-order valence-electron chi connectivity index (χ4n) is 4.57. The van der Waals surface area contributed by atoms with Gasteiger partial charge in [0.2, 0.25) is 0 Å². The largest absolute Gasteiger partial charge is 0.388 e. The fraction of sp³-hybridized carbons (Fsp3) is 0.480. The van der Waals surface area contributed by atoms with Crippen LogP contribution in [0.25, 0.3) is 11.0 Å². The van der Waals surface area contributed by atoms with Crippen LogP contribution in [-0.4, -0.2) is 53.8 Å². The van der Waals surface area contributed by atoms with Crippen LogP contribution in [0.2, 0.25) is 0 Å². The summed E-state index contributed by atoms with van der Waals surface area (Å²) in [6.45, 7) is 5.19. The first-order chi connectivity index (χ1) is 15.6. The number of methoxy groups -OCH3 is 1. The summed E-state index contributed by atoms with van der Waals surface area (Å²) in [5.41, 5.74) is 4.01. The molecule has 3 aromatic heterocycles. The summed E-state index contributed by atoms with van der Waals surface area (Å²) >= 11 is 0. The Morgan fingerprint density at radius 1 is 1.22 bits per heavy atom. The highest BCUT2D eigenvalue weighted by molar-refractivity contribution is 5.97. The van der Waals surface area contributed by atoms with Gasteiger partial charge in [-0.2, -0.15) is 0 Å². The standard InChI is InChI=1S/C23H27N5O.C2H6O/c1-2-27-12-9-17-13-18(15-24-22(17)27)23(29)25-19-6-7-20-16(14-19)5-8-21(26-20)28-10-3-4-11-28;1-3-2/h5,8-9,12-13,15,19H,2-4,6-7,10-11,14H2,1H3,(H,25,29);1-2H3. The highest BCUT2D eigenvalue weighted by Gasteiger charge is 2.23. The molecule has 1 atom stereocenters. The third-order valence-electron chi connectivity index (χ3n) is 6.22. The summed E-state index contributed by atoms with van der Waals surface area (Å²) in [6, 6.07) is 8.44. The molecule has 2 aliphatic rings. The molecular weight excluding hydrogens is 402 g/mol. The molecule has 1 saturated heterocycles. The lowest BCUT2D eigenvalue weighted by atomic mass is 9.91. The zero-order chi connectivity index (χ0) is 22.5. The molecule has 0 bridgehead atoms. The number of anilines is 1. The van der Waals surface area contributed by atoms with Gasteiger partial charge in [-0.05, 0) is 62.8 Å². The van der Waals surface area contributed by atoms with Crippen molar-refractivity contribution in [2.45, 2.75) is 51.6 Å². The van der Waals surface area contributed by atoms with E-state index in [1.807, 2.05) is 18.3 Å². The normalized spacial score (nSPS) is 17.6. The number of hydrogen-bond donors (Lipinski definition) is 1. The van der Waals surface area contributed by atoms with Gasteiger partial charge >= 0.3 is 0 Å². The van der Waals surface area contributed by atoms with Crippen molar-refractivity contribution in [2.24, 2.45) is 0 Å². The second-order valence-electron chi connectivity index (χ2n) is 8.53. The number of nitrogens with one attached hydrogen (secondary N) is 1. The van der Waals surface area contributed by atoms with Gasteiger partial charge in [0.15, 0.2) is 0 Å². The maximum absolute atomic E-state index is 12.8. The van der Waals surface area contributed by atoms with Crippen molar-refractivity contribution < 1.29 is 9.53 Å². The first-order valence-electron chi connectivity index (χ1n) is 11.5. The van der Waals surface area contributed by atoms with Gasteiger partial charge in [-0.1, -0.05) is 6.07 Å². The summed E-state index contributed by atoms with van der Waals surface area (Å²) in [6.07, 6.45) is 8.91. The van der Waals surface area contributed by atoms with E-state index in [0.29, 0.717) is 5.56 Å². The van der Waals surface area contributed by atoms with Gasteiger partial charge in [0, 0.05) is 63.4 Å². The van der Waals surface area contributed by atoms with Crippen molar-refractivity contribution in [3.8, 4) is 0 Å². The van der Waals surface area contributed by atoms with Crippen LogP contribution in [0.5, 0.6) is 0 Å². The third-order valence-corrected chi connectivity index (χ3v) is 6.22. The van der Waals surface area contributed by atoms with Crippen molar-refractivity contribution in [2.75, 3.05) is 32.2 Å². The number of fused-ring (bicyclic) bond motifs is 2. The monoisotopic (exact) mass is 435 g/mol. The molecule has 1 amide bonds. The minimum absolute atomic E-state index is 0.0428. The topological polar surface area (TPSA) is 72.3 Å². The van der Waals surface area contributed by atoms with Crippen LogP contribution < -0.4 is 10.2 Å². The van der Waals surface area contributed by atoms with Crippen LogP contribution in [0.4, 0.5) is 5.82 Å². The molecule has 0 spiro atoms. The Balaban J connectivity index is 0.000000775. The Hall–Kier alpha value is -2.93. The van der Waals surface area contributed by atoms with E-state index in [-0.39, 0.29) is 11.9 Å². The molecule has 170 valence electrons. The quantitative estimate of drug-likeness (QED) is 0.678. The SMILES string of the molecule is CCn1ccc2cc(C(=O)NC3CCc4nc(N5CCCC5)ccc4C3)cnc21.COC. The van der Waals surface area contributed by atoms with E-state index < -0.39 is 0 Å². The number of nitrogens with zero attached hydrogens (tertiary/aromatic N) is 4. The summed E-state index contributed by atoms with van der Waals surface area (Å²) in [5, 5.41) is 4.21. The number of aryl methyl sites for hydroxylation is 2. The summed E-state index contributed by atoms with van der Waals surface area (Å²) in [5.74, 6) is 1.07. The van der Waals surface area contributed by atoms with E-state index >= 15 is 0 Å². The minimum Gasteiger partial charge on any atom is -0.388 e. The summed E-state index contributed by atoms with van der Waals surface area (Å²) in [7, 11) is 3.25. The second kappa shape index (κ2) is 10.1. The molecule has 4 heterocycles. The van der Waals surface area contributed by atoms with Gasteiger partial charge < -0.3 is 19.5 Å². The minimum atomic E-state index is -0.0428. The van der Waals surface area contributed by atoms with Crippen molar-refractivity contribution in [1.29, 1.82) is 0 Å². The van der Waals surface area contributed by atoms with Crippen LogP contribution in [0.3, 0.4) is 0 Å². The smallest absolute Gasteiger partial charge is 0.253 e. The van der Waals surface area contributed by atoms with Crippen molar-refractivity contribution >= 4 is 22.8 Å². The number of rotatable bonds is 4. The third kappa shape index (κ3) is 4.78. The van der Waals surface area contributed by atoms with E-state index in [0.717, 1.165) is 55.7 Å². The van der Waals surface area contributed by atoms with Crippen molar-refractivity contribution in [3.05, 3.63) is 53.5 Å². The van der Waals surface area contributed by atoms with E-state index in [1.54, 1.807) is 20.4 Å². The highest BCUT2D eigenvalue weighted by atomic mass is 16.4. The van der Waals surface area contributed by atoms with Crippen LogP contribution >= 0.6 is 0 Å².